The summed E-state index contributed by atoms with van der Waals surface area (Å²) in [6, 6.07) is 7.40. The number of carbonyl (C=O) groups is 1. The zero-order valence-electron chi connectivity index (χ0n) is 13.3. The van der Waals surface area contributed by atoms with E-state index in [0.717, 1.165) is 36.4 Å². The summed E-state index contributed by atoms with van der Waals surface area (Å²) in [6.45, 7) is 0. The van der Waals surface area contributed by atoms with Crippen LogP contribution in [0.25, 0.3) is 6.08 Å². The number of ketones is 1. The molecular formula is C18H10F6N2O. The molecule has 0 saturated carbocycles. The second-order valence-electron chi connectivity index (χ2n) is 5.39. The largest absolute Gasteiger partial charge is 0.417 e. The van der Waals surface area contributed by atoms with Gasteiger partial charge >= 0.3 is 12.4 Å². The Morgan fingerprint density at radius 2 is 1.70 bits per heavy atom. The molecule has 0 fully saturated rings. The third-order valence-corrected chi connectivity index (χ3v) is 3.48. The summed E-state index contributed by atoms with van der Waals surface area (Å²) in [7, 11) is 0. The quantitative estimate of drug-likeness (QED) is 0.550. The van der Waals surface area contributed by atoms with Crippen molar-refractivity contribution in [1.82, 2.24) is 4.98 Å². The van der Waals surface area contributed by atoms with Crippen molar-refractivity contribution in [1.29, 1.82) is 5.26 Å². The molecule has 2 rings (SSSR count). The monoisotopic (exact) mass is 384 g/mol. The number of benzene rings is 1. The molecule has 1 aromatic carbocycles. The van der Waals surface area contributed by atoms with Crippen LogP contribution in [0.3, 0.4) is 0 Å². The van der Waals surface area contributed by atoms with Gasteiger partial charge in [0.2, 0.25) is 0 Å². The molecule has 0 aliphatic carbocycles. The zero-order valence-corrected chi connectivity index (χ0v) is 13.3. The lowest BCUT2D eigenvalue weighted by Gasteiger charge is -2.09. The number of pyridine rings is 1. The minimum atomic E-state index is -4.61. The summed E-state index contributed by atoms with van der Waals surface area (Å²) in [5.74, 6) is -2.29. The van der Waals surface area contributed by atoms with Crippen molar-refractivity contribution in [3.8, 4) is 6.07 Å². The second kappa shape index (κ2) is 7.61. The van der Waals surface area contributed by atoms with Crippen molar-refractivity contribution < 1.29 is 31.1 Å². The Labute approximate surface area is 149 Å². The van der Waals surface area contributed by atoms with Crippen LogP contribution in [-0.4, -0.2) is 10.8 Å². The van der Waals surface area contributed by atoms with Gasteiger partial charge < -0.3 is 0 Å². The van der Waals surface area contributed by atoms with E-state index in [1.807, 2.05) is 0 Å². The van der Waals surface area contributed by atoms with E-state index in [-0.39, 0.29) is 11.3 Å². The topological polar surface area (TPSA) is 53.8 Å². The van der Waals surface area contributed by atoms with Gasteiger partial charge in [-0.05, 0) is 35.9 Å². The van der Waals surface area contributed by atoms with Crippen LogP contribution in [-0.2, 0) is 17.1 Å². The maximum absolute atomic E-state index is 12.7. The lowest BCUT2D eigenvalue weighted by Crippen LogP contribution is -2.11. The van der Waals surface area contributed by atoms with Gasteiger partial charge in [0.1, 0.15) is 0 Å². The summed E-state index contributed by atoms with van der Waals surface area (Å²) >= 11 is 0. The zero-order chi connectivity index (χ0) is 20.2. The SMILES string of the molecule is N#CC(C(=O)/C=C/c1cccc(C(F)(F)F)c1)c1ccc(C(F)(F)F)cn1. The molecule has 0 spiro atoms. The molecule has 0 radical (unpaired) electrons. The van der Waals surface area contributed by atoms with Crippen molar-refractivity contribution in [2.24, 2.45) is 0 Å². The molecule has 0 amide bonds. The van der Waals surface area contributed by atoms with Gasteiger partial charge in [0.25, 0.3) is 0 Å². The minimum Gasteiger partial charge on any atom is -0.293 e. The molecule has 0 bridgehead atoms. The highest BCUT2D eigenvalue weighted by atomic mass is 19.4. The molecule has 0 saturated heterocycles. The third-order valence-electron chi connectivity index (χ3n) is 3.48. The summed E-state index contributed by atoms with van der Waals surface area (Å²) in [6.07, 6.45) is -6.67. The predicted molar refractivity (Wildman–Crippen MR) is 83.1 cm³/mol. The van der Waals surface area contributed by atoms with Crippen LogP contribution >= 0.6 is 0 Å². The van der Waals surface area contributed by atoms with Gasteiger partial charge in [-0.2, -0.15) is 31.6 Å². The van der Waals surface area contributed by atoms with E-state index in [0.29, 0.717) is 12.3 Å². The Kier molecular flexibility index (Phi) is 5.69. The first-order valence-corrected chi connectivity index (χ1v) is 7.34. The van der Waals surface area contributed by atoms with Gasteiger partial charge in [-0.3, -0.25) is 9.78 Å². The van der Waals surface area contributed by atoms with Crippen LogP contribution in [0.4, 0.5) is 26.3 Å². The Hall–Kier alpha value is -3.15. The highest BCUT2D eigenvalue weighted by molar-refractivity contribution is 6.00. The number of halogens is 6. The second-order valence-corrected chi connectivity index (χ2v) is 5.39. The van der Waals surface area contributed by atoms with E-state index >= 15 is 0 Å². The highest BCUT2D eigenvalue weighted by Crippen LogP contribution is 2.30. The first-order valence-electron chi connectivity index (χ1n) is 7.34. The summed E-state index contributed by atoms with van der Waals surface area (Å²) in [5, 5.41) is 9.11. The fourth-order valence-corrected chi connectivity index (χ4v) is 2.11. The molecule has 0 N–H and O–H groups in total. The molecule has 1 atom stereocenters. The molecule has 0 aliphatic rings. The van der Waals surface area contributed by atoms with Crippen LogP contribution in [0.1, 0.15) is 28.3 Å². The Bertz CT molecular complexity index is 892. The molecular weight excluding hydrogens is 374 g/mol. The molecule has 1 unspecified atom stereocenters. The summed E-state index contributed by atoms with van der Waals surface area (Å²) in [5.41, 5.74) is -2.05. The van der Waals surface area contributed by atoms with Crippen molar-refractivity contribution in [3.63, 3.8) is 0 Å². The van der Waals surface area contributed by atoms with E-state index in [1.165, 1.54) is 6.07 Å². The number of rotatable bonds is 4. The number of aromatic nitrogens is 1. The minimum absolute atomic E-state index is 0.0789. The average Bonchev–Trinajstić information content (AvgIpc) is 2.60. The van der Waals surface area contributed by atoms with Crippen molar-refractivity contribution in [2.75, 3.05) is 0 Å². The van der Waals surface area contributed by atoms with Gasteiger partial charge in [0.15, 0.2) is 11.7 Å². The van der Waals surface area contributed by atoms with Crippen LogP contribution in [0.2, 0.25) is 0 Å². The fraction of sp³-hybridized carbons (Fsp3) is 0.167. The third kappa shape index (κ3) is 5.17. The highest BCUT2D eigenvalue weighted by Gasteiger charge is 2.32. The van der Waals surface area contributed by atoms with Crippen LogP contribution < -0.4 is 0 Å². The summed E-state index contributed by atoms with van der Waals surface area (Å²) in [4.78, 5) is 15.6. The first kappa shape index (κ1) is 20.2. The molecule has 3 nitrogen and oxygen atoms in total. The van der Waals surface area contributed by atoms with Crippen LogP contribution in [0.15, 0.2) is 48.7 Å². The molecule has 2 aromatic rings. The molecule has 140 valence electrons. The normalized spacial score (nSPS) is 13.4. The van der Waals surface area contributed by atoms with Crippen molar-refractivity contribution in [2.45, 2.75) is 18.3 Å². The lowest BCUT2D eigenvalue weighted by atomic mass is 9.99. The van der Waals surface area contributed by atoms with E-state index in [1.54, 1.807) is 6.07 Å². The van der Waals surface area contributed by atoms with E-state index in [2.05, 4.69) is 4.98 Å². The van der Waals surface area contributed by atoms with Crippen LogP contribution in [0, 0.1) is 11.3 Å². The van der Waals surface area contributed by atoms with E-state index in [9.17, 15) is 31.1 Å². The Morgan fingerprint density at radius 1 is 1.04 bits per heavy atom. The number of carbonyl (C=O) groups excluding carboxylic acids is 1. The molecule has 9 heteroatoms. The number of allylic oxidation sites excluding steroid dienone is 1. The Balaban J connectivity index is 2.21. The number of alkyl halides is 6. The maximum atomic E-state index is 12.7. The van der Waals surface area contributed by atoms with E-state index in [4.69, 9.17) is 5.26 Å². The number of hydrogen-bond acceptors (Lipinski definition) is 3. The number of hydrogen-bond donors (Lipinski definition) is 0. The molecule has 1 aromatic heterocycles. The fourth-order valence-electron chi connectivity index (χ4n) is 2.11. The van der Waals surface area contributed by atoms with Gasteiger partial charge in [0, 0.05) is 6.20 Å². The van der Waals surface area contributed by atoms with Crippen LogP contribution in [0.5, 0.6) is 0 Å². The van der Waals surface area contributed by atoms with Gasteiger partial charge in [-0.25, -0.2) is 0 Å². The predicted octanol–water partition coefficient (Wildman–Crippen LogP) is 5.01. The number of nitriles is 1. The number of nitrogens with zero attached hydrogens (tertiary/aromatic N) is 2. The lowest BCUT2D eigenvalue weighted by molar-refractivity contribution is -0.138. The summed E-state index contributed by atoms with van der Waals surface area (Å²) < 4.78 is 75.6. The molecule has 0 aliphatic heterocycles. The molecule has 1 heterocycles. The smallest absolute Gasteiger partial charge is 0.293 e. The van der Waals surface area contributed by atoms with Gasteiger partial charge in [-0.1, -0.05) is 18.2 Å². The average molecular weight is 384 g/mol. The van der Waals surface area contributed by atoms with Crippen molar-refractivity contribution in [3.05, 3.63) is 71.1 Å². The standard InChI is InChI=1S/C18H10F6N2O/c19-17(20,21)12-3-1-2-11(8-12)4-7-16(27)14(9-25)15-6-5-13(10-26-15)18(22,23)24/h1-8,10,14H/b7-4+. The van der Waals surface area contributed by atoms with E-state index < -0.39 is 35.2 Å². The molecule has 27 heavy (non-hydrogen) atoms. The van der Waals surface area contributed by atoms with Gasteiger partial charge in [-0.15, -0.1) is 0 Å². The van der Waals surface area contributed by atoms with Crippen molar-refractivity contribution >= 4 is 11.9 Å². The maximum Gasteiger partial charge on any atom is 0.417 e. The first-order chi connectivity index (χ1) is 12.5. The Morgan fingerprint density at radius 3 is 2.22 bits per heavy atom. The van der Waals surface area contributed by atoms with Gasteiger partial charge in [0.05, 0.1) is 22.9 Å².